The Labute approximate surface area is 152 Å². The predicted octanol–water partition coefficient (Wildman–Crippen LogP) is 2.79. The van der Waals surface area contributed by atoms with Crippen LogP contribution in [0.1, 0.15) is 24.4 Å². The van der Waals surface area contributed by atoms with Crippen LogP contribution < -0.4 is 5.32 Å². The number of anilines is 2. The lowest BCUT2D eigenvalue weighted by Gasteiger charge is -2.31. The summed E-state index contributed by atoms with van der Waals surface area (Å²) in [6.07, 6.45) is 10.5. The van der Waals surface area contributed by atoms with E-state index in [-0.39, 0.29) is 0 Å². The molecule has 4 heterocycles. The number of hydrogen-bond acceptors (Lipinski definition) is 6. The van der Waals surface area contributed by atoms with Gasteiger partial charge in [-0.25, -0.2) is 19.9 Å². The highest BCUT2D eigenvalue weighted by molar-refractivity contribution is 5.50. The number of aromatic nitrogens is 5. The Bertz CT molecular complexity index is 796. The molecule has 1 fully saturated rings. The summed E-state index contributed by atoms with van der Waals surface area (Å²) in [5.41, 5.74) is 1.09. The molecule has 0 bridgehead atoms. The van der Waals surface area contributed by atoms with E-state index in [1.165, 1.54) is 12.8 Å². The number of pyridine rings is 1. The summed E-state index contributed by atoms with van der Waals surface area (Å²) < 4.78 is 0. The van der Waals surface area contributed by atoms with Crippen molar-refractivity contribution in [3.63, 3.8) is 0 Å². The number of H-pyrrole nitrogens is 1. The second-order valence-electron chi connectivity index (χ2n) is 6.69. The van der Waals surface area contributed by atoms with Gasteiger partial charge in [0.05, 0.1) is 6.54 Å². The summed E-state index contributed by atoms with van der Waals surface area (Å²) in [4.78, 5) is 23.0. The molecule has 0 atom stereocenters. The molecule has 0 aliphatic carbocycles. The number of hydrogen-bond donors (Lipinski definition) is 2. The van der Waals surface area contributed by atoms with Crippen LogP contribution in [-0.4, -0.2) is 42.9 Å². The standard InChI is InChI=1S/C19H23N7/c1-2-6-20-17(3-1)25-18-12-16(23-14-24-18)11-15-4-9-26(10-5-15)13-19-21-7-8-22-19/h1-3,6-8,12,14-15H,4-5,9-11,13H2,(H,21,22)(H,20,23,24,25). The molecule has 0 aromatic carbocycles. The molecule has 0 spiro atoms. The van der Waals surface area contributed by atoms with Crippen LogP contribution in [0.3, 0.4) is 0 Å². The van der Waals surface area contributed by atoms with Gasteiger partial charge in [0.1, 0.15) is 23.8 Å². The van der Waals surface area contributed by atoms with Gasteiger partial charge >= 0.3 is 0 Å². The van der Waals surface area contributed by atoms with Gasteiger partial charge in [0.25, 0.3) is 0 Å². The molecule has 7 nitrogen and oxygen atoms in total. The Morgan fingerprint density at radius 1 is 1.04 bits per heavy atom. The maximum atomic E-state index is 4.45. The lowest BCUT2D eigenvalue weighted by molar-refractivity contribution is 0.173. The van der Waals surface area contributed by atoms with Crippen LogP contribution >= 0.6 is 0 Å². The van der Waals surface area contributed by atoms with Crippen molar-refractivity contribution < 1.29 is 0 Å². The van der Waals surface area contributed by atoms with Crippen LogP contribution in [0, 0.1) is 5.92 Å². The van der Waals surface area contributed by atoms with Crippen molar-refractivity contribution in [3.8, 4) is 0 Å². The van der Waals surface area contributed by atoms with Gasteiger partial charge in [0, 0.05) is 30.4 Å². The third-order valence-electron chi connectivity index (χ3n) is 4.78. The topological polar surface area (TPSA) is 82.6 Å². The zero-order valence-corrected chi connectivity index (χ0v) is 14.7. The maximum Gasteiger partial charge on any atom is 0.135 e. The molecule has 2 N–H and O–H groups in total. The average Bonchev–Trinajstić information content (AvgIpc) is 3.18. The molecular weight excluding hydrogens is 326 g/mol. The Kier molecular flexibility index (Phi) is 5.16. The fourth-order valence-corrected chi connectivity index (χ4v) is 3.39. The first-order valence-electron chi connectivity index (χ1n) is 9.05. The Morgan fingerprint density at radius 2 is 1.96 bits per heavy atom. The smallest absolute Gasteiger partial charge is 0.135 e. The van der Waals surface area contributed by atoms with Crippen molar-refractivity contribution >= 4 is 11.6 Å². The van der Waals surface area contributed by atoms with Gasteiger partial charge in [-0.05, 0) is 50.4 Å². The first-order chi connectivity index (χ1) is 12.8. The number of nitrogens with one attached hydrogen (secondary N) is 2. The second-order valence-corrected chi connectivity index (χ2v) is 6.69. The third kappa shape index (κ3) is 4.43. The van der Waals surface area contributed by atoms with Crippen LogP contribution in [0.4, 0.5) is 11.6 Å². The molecule has 7 heteroatoms. The predicted molar refractivity (Wildman–Crippen MR) is 99.8 cm³/mol. The summed E-state index contributed by atoms with van der Waals surface area (Å²) in [5, 5.41) is 3.23. The molecule has 1 saturated heterocycles. The highest BCUT2D eigenvalue weighted by atomic mass is 15.1. The van der Waals surface area contributed by atoms with E-state index >= 15 is 0 Å². The minimum atomic E-state index is 0.667. The van der Waals surface area contributed by atoms with Gasteiger partial charge in [-0.15, -0.1) is 0 Å². The molecule has 0 amide bonds. The SMILES string of the molecule is c1ccc(Nc2cc(CC3CCN(Cc4ncc[nH]4)CC3)ncn2)nc1. The first kappa shape index (κ1) is 16.7. The van der Waals surface area contributed by atoms with Gasteiger partial charge in [-0.2, -0.15) is 0 Å². The molecule has 4 rings (SSSR count). The maximum absolute atomic E-state index is 4.45. The number of imidazole rings is 1. The summed E-state index contributed by atoms with van der Waals surface area (Å²) in [6.45, 7) is 3.12. The summed E-state index contributed by atoms with van der Waals surface area (Å²) in [5.74, 6) is 3.30. The highest BCUT2D eigenvalue weighted by Crippen LogP contribution is 2.22. The summed E-state index contributed by atoms with van der Waals surface area (Å²) >= 11 is 0. The van der Waals surface area contributed by atoms with E-state index in [9.17, 15) is 0 Å². The zero-order valence-electron chi connectivity index (χ0n) is 14.7. The Morgan fingerprint density at radius 3 is 2.73 bits per heavy atom. The van der Waals surface area contributed by atoms with E-state index in [4.69, 9.17) is 0 Å². The highest BCUT2D eigenvalue weighted by Gasteiger charge is 2.20. The normalized spacial score (nSPS) is 15.8. The molecule has 1 aliphatic rings. The van der Waals surface area contributed by atoms with E-state index in [2.05, 4.69) is 35.1 Å². The Balaban J connectivity index is 1.30. The van der Waals surface area contributed by atoms with E-state index < -0.39 is 0 Å². The van der Waals surface area contributed by atoms with Crippen molar-refractivity contribution in [2.24, 2.45) is 5.92 Å². The van der Waals surface area contributed by atoms with E-state index in [0.29, 0.717) is 5.92 Å². The van der Waals surface area contributed by atoms with Crippen molar-refractivity contribution in [2.45, 2.75) is 25.8 Å². The van der Waals surface area contributed by atoms with E-state index in [1.54, 1.807) is 12.5 Å². The Hall–Kier alpha value is -2.80. The minimum Gasteiger partial charge on any atom is -0.348 e. The van der Waals surface area contributed by atoms with Crippen LogP contribution in [0.5, 0.6) is 0 Å². The summed E-state index contributed by atoms with van der Waals surface area (Å²) in [7, 11) is 0. The average molecular weight is 349 g/mol. The van der Waals surface area contributed by atoms with Crippen molar-refractivity contribution in [1.82, 2.24) is 29.8 Å². The number of likely N-dealkylation sites (tertiary alicyclic amines) is 1. The molecular formula is C19H23N7. The van der Waals surface area contributed by atoms with Gasteiger partial charge in [-0.1, -0.05) is 6.07 Å². The largest absolute Gasteiger partial charge is 0.348 e. The van der Waals surface area contributed by atoms with Gasteiger partial charge in [0.2, 0.25) is 0 Å². The minimum absolute atomic E-state index is 0.667. The zero-order chi connectivity index (χ0) is 17.6. The van der Waals surface area contributed by atoms with Gasteiger partial charge < -0.3 is 10.3 Å². The van der Waals surface area contributed by atoms with E-state index in [1.807, 2.05) is 36.7 Å². The summed E-state index contributed by atoms with van der Waals surface area (Å²) in [6, 6.07) is 7.81. The van der Waals surface area contributed by atoms with Crippen molar-refractivity contribution in [2.75, 3.05) is 18.4 Å². The molecule has 3 aromatic heterocycles. The molecule has 0 unspecified atom stereocenters. The third-order valence-corrected chi connectivity index (χ3v) is 4.78. The second kappa shape index (κ2) is 8.05. The monoisotopic (exact) mass is 349 g/mol. The fourth-order valence-electron chi connectivity index (χ4n) is 3.39. The van der Waals surface area contributed by atoms with Crippen LogP contribution in [0.2, 0.25) is 0 Å². The number of nitrogens with zero attached hydrogens (tertiary/aromatic N) is 5. The molecule has 26 heavy (non-hydrogen) atoms. The van der Waals surface area contributed by atoms with Crippen LogP contribution in [0.15, 0.2) is 49.2 Å². The quantitative estimate of drug-likeness (QED) is 0.712. The van der Waals surface area contributed by atoms with E-state index in [0.717, 1.165) is 49.2 Å². The molecule has 3 aromatic rings. The fraction of sp³-hybridized carbons (Fsp3) is 0.368. The van der Waals surface area contributed by atoms with Crippen LogP contribution in [0.25, 0.3) is 0 Å². The van der Waals surface area contributed by atoms with Crippen LogP contribution in [-0.2, 0) is 13.0 Å². The van der Waals surface area contributed by atoms with Gasteiger partial charge in [0.15, 0.2) is 0 Å². The number of aromatic amines is 1. The van der Waals surface area contributed by atoms with Crippen molar-refractivity contribution in [3.05, 3.63) is 60.7 Å². The lowest BCUT2D eigenvalue weighted by Crippen LogP contribution is -2.34. The lowest BCUT2D eigenvalue weighted by atomic mass is 9.92. The molecule has 134 valence electrons. The van der Waals surface area contributed by atoms with Crippen molar-refractivity contribution in [1.29, 1.82) is 0 Å². The number of rotatable bonds is 6. The molecule has 0 radical (unpaired) electrons. The molecule has 0 saturated carbocycles. The molecule has 1 aliphatic heterocycles. The van der Waals surface area contributed by atoms with Gasteiger partial charge in [-0.3, -0.25) is 4.90 Å². The first-order valence-corrected chi connectivity index (χ1v) is 9.05. The number of piperidine rings is 1.